The van der Waals surface area contributed by atoms with E-state index in [1.807, 2.05) is 0 Å². The summed E-state index contributed by atoms with van der Waals surface area (Å²) < 4.78 is 17.5. The SMILES string of the molecule is CCCCNC(=O)CCN(c1nc(Cc2ccc(F)cc2)ns1)[C@@H](C)CC. The molecular formula is C20H29FN4OS. The van der Waals surface area contributed by atoms with Gasteiger partial charge in [-0.05, 0) is 37.5 Å². The van der Waals surface area contributed by atoms with Crippen LogP contribution in [-0.4, -0.2) is 34.4 Å². The Kier molecular flexibility index (Phi) is 8.64. The Balaban J connectivity index is 1.98. The van der Waals surface area contributed by atoms with Gasteiger partial charge in [-0.2, -0.15) is 4.37 Å². The zero-order valence-electron chi connectivity index (χ0n) is 16.4. The normalized spacial score (nSPS) is 12.0. The van der Waals surface area contributed by atoms with Gasteiger partial charge in [-0.1, -0.05) is 32.4 Å². The average molecular weight is 393 g/mol. The molecule has 7 heteroatoms. The van der Waals surface area contributed by atoms with Gasteiger partial charge in [-0.3, -0.25) is 4.79 Å². The molecule has 0 fully saturated rings. The molecule has 1 aromatic heterocycles. The fraction of sp³-hybridized carbons (Fsp3) is 0.550. The third-order valence-electron chi connectivity index (χ3n) is 4.53. The number of amides is 1. The number of unbranched alkanes of at least 4 members (excludes halogenated alkanes) is 1. The molecule has 5 nitrogen and oxygen atoms in total. The van der Waals surface area contributed by atoms with Crippen molar-refractivity contribution in [3.63, 3.8) is 0 Å². The van der Waals surface area contributed by atoms with Crippen LogP contribution in [-0.2, 0) is 11.2 Å². The lowest BCUT2D eigenvalue weighted by Crippen LogP contribution is -2.36. The maximum Gasteiger partial charge on any atom is 0.221 e. The highest BCUT2D eigenvalue weighted by atomic mass is 32.1. The summed E-state index contributed by atoms with van der Waals surface area (Å²) in [5, 5.41) is 3.80. The van der Waals surface area contributed by atoms with Crippen molar-refractivity contribution < 1.29 is 9.18 Å². The minimum Gasteiger partial charge on any atom is -0.356 e. The van der Waals surface area contributed by atoms with Crippen molar-refractivity contribution in [2.24, 2.45) is 0 Å². The highest BCUT2D eigenvalue weighted by molar-refractivity contribution is 7.09. The van der Waals surface area contributed by atoms with E-state index in [1.54, 1.807) is 12.1 Å². The molecule has 0 spiro atoms. The van der Waals surface area contributed by atoms with Crippen molar-refractivity contribution >= 4 is 22.6 Å². The first-order valence-corrected chi connectivity index (χ1v) is 10.4. The van der Waals surface area contributed by atoms with E-state index in [-0.39, 0.29) is 17.8 Å². The first-order chi connectivity index (χ1) is 13.0. The van der Waals surface area contributed by atoms with E-state index in [0.29, 0.717) is 19.4 Å². The molecule has 1 atom stereocenters. The van der Waals surface area contributed by atoms with Crippen LogP contribution in [0.5, 0.6) is 0 Å². The van der Waals surface area contributed by atoms with Crippen molar-refractivity contribution in [2.45, 2.75) is 58.9 Å². The number of aromatic nitrogens is 2. The molecule has 1 N–H and O–H groups in total. The zero-order chi connectivity index (χ0) is 19.6. The molecule has 2 rings (SSSR count). The maximum atomic E-state index is 13.0. The highest BCUT2D eigenvalue weighted by Gasteiger charge is 2.19. The molecular weight excluding hydrogens is 363 g/mol. The number of rotatable bonds is 11. The molecule has 0 saturated heterocycles. The molecule has 0 aliphatic heterocycles. The molecule has 0 unspecified atom stereocenters. The number of hydrogen-bond donors (Lipinski definition) is 1. The van der Waals surface area contributed by atoms with Crippen LogP contribution in [0.4, 0.5) is 9.52 Å². The van der Waals surface area contributed by atoms with Crippen molar-refractivity contribution in [1.29, 1.82) is 0 Å². The molecule has 1 aromatic carbocycles. The van der Waals surface area contributed by atoms with Crippen LogP contribution >= 0.6 is 11.5 Å². The van der Waals surface area contributed by atoms with Gasteiger partial charge in [0.2, 0.25) is 11.0 Å². The number of anilines is 1. The Morgan fingerprint density at radius 2 is 2.04 bits per heavy atom. The molecule has 1 amide bonds. The topological polar surface area (TPSA) is 58.1 Å². The third-order valence-corrected chi connectivity index (χ3v) is 5.32. The molecule has 0 radical (unpaired) electrons. The molecule has 0 aliphatic rings. The second-order valence-electron chi connectivity index (χ2n) is 6.70. The largest absolute Gasteiger partial charge is 0.356 e. The molecule has 0 bridgehead atoms. The van der Waals surface area contributed by atoms with Crippen molar-refractivity contribution in [2.75, 3.05) is 18.0 Å². The Morgan fingerprint density at radius 1 is 1.30 bits per heavy atom. The van der Waals surface area contributed by atoms with E-state index in [9.17, 15) is 9.18 Å². The molecule has 0 saturated carbocycles. The van der Waals surface area contributed by atoms with Gasteiger partial charge in [0.1, 0.15) is 11.6 Å². The predicted octanol–water partition coefficient (Wildman–Crippen LogP) is 4.18. The van der Waals surface area contributed by atoms with E-state index in [2.05, 4.69) is 40.3 Å². The van der Waals surface area contributed by atoms with Gasteiger partial charge in [0, 0.05) is 43.5 Å². The Bertz CT molecular complexity index is 704. The number of hydrogen-bond acceptors (Lipinski definition) is 5. The van der Waals surface area contributed by atoms with Gasteiger partial charge in [0.25, 0.3) is 0 Å². The second kappa shape index (κ2) is 11.0. The summed E-state index contributed by atoms with van der Waals surface area (Å²) in [4.78, 5) is 18.9. The van der Waals surface area contributed by atoms with Gasteiger partial charge >= 0.3 is 0 Å². The number of carbonyl (C=O) groups is 1. The molecule has 0 aliphatic carbocycles. The number of nitrogens with zero attached hydrogens (tertiary/aromatic N) is 3. The molecule has 2 aromatic rings. The van der Waals surface area contributed by atoms with Gasteiger partial charge in [-0.15, -0.1) is 0 Å². The summed E-state index contributed by atoms with van der Waals surface area (Å²) in [5.41, 5.74) is 0.978. The van der Waals surface area contributed by atoms with Crippen LogP contribution in [0, 0.1) is 5.82 Å². The summed E-state index contributed by atoms with van der Waals surface area (Å²) in [7, 11) is 0. The summed E-state index contributed by atoms with van der Waals surface area (Å²) in [6.07, 6.45) is 4.05. The van der Waals surface area contributed by atoms with Crippen molar-refractivity contribution in [1.82, 2.24) is 14.7 Å². The standard InChI is InChI=1S/C20H29FN4OS/c1-4-6-12-22-19(26)11-13-25(15(3)5-2)20-23-18(24-27-20)14-16-7-9-17(21)10-8-16/h7-10,15H,4-6,11-14H2,1-3H3,(H,22,26)/t15-/m0/s1. The predicted molar refractivity (Wildman–Crippen MR) is 109 cm³/mol. The van der Waals surface area contributed by atoms with Crippen molar-refractivity contribution in [3.8, 4) is 0 Å². The first kappa shape index (κ1) is 21.3. The van der Waals surface area contributed by atoms with Crippen molar-refractivity contribution in [3.05, 3.63) is 41.5 Å². The van der Waals surface area contributed by atoms with Crippen LogP contribution < -0.4 is 10.2 Å². The summed E-state index contributed by atoms with van der Waals surface area (Å²) in [5.74, 6) is 0.556. The van der Waals surface area contributed by atoms with Crippen LogP contribution in [0.25, 0.3) is 0 Å². The summed E-state index contributed by atoms with van der Waals surface area (Å²) >= 11 is 1.36. The number of benzene rings is 1. The number of carbonyl (C=O) groups excluding carboxylic acids is 1. The van der Waals surface area contributed by atoms with Gasteiger partial charge in [-0.25, -0.2) is 9.37 Å². The van der Waals surface area contributed by atoms with Gasteiger partial charge < -0.3 is 10.2 Å². The average Bonchev–Trinajstić information content (AvgIpc) is 3.12. The monoisotopic (exact) mass is 392 g/mol. The van der Waals surface area contributed by atoms with Crippen LogP contribution in [0.3, 0.4) is 0 Å². The summed E-state index contributed by atoms with van der Waals surface area (Å²) in [6, 6.07) is 6.68. The Morgan fingerprint density at radius 3 is 2.70 bits per heavy atom. The molecule has 1 heterocycles. The highest BCUT2D eigenvalue weighted by Crippen LogP contribution is 2.22. The van der Waals surface area contributed by atoms with Crippen LogP contribution in [0.1, 0.15) is 57.8 Å². The number of nitrogens with one attached hydrogen (secondary N) is 1. The lowest BCUT2D eigenvalue weighted by molar-refractivity contribution is -0.120. The molecule has 27 heavy (non-hydrogen) atoms. The van der Waals surface area contributed by atoms with E-state index in [4.69, 9.17) is 0 Å². The second-order valence-corrected chi connectivity index (χ2v) is 7.43. The molecule has 148 valence electrons. The van der Waals surface area contributed by atoms with E-state index < -0.39 is 0 Å². The minimum absolute atomic E-state index is 0.0767. The Labute approximate surface area is 165 Å². The fourth-order valence-electron chi connectivity index (χ4n) is 2.66. The smallest absolute Gasteiger partial charge is 0.221 e. The maximum absolute atomic E-state index is 13.0. The number of halogens is 1. The Hall–Kier alpha value is -2.02. The summed E-state index contributed by atoms with van der Waals surface area (Å²) in [6.45, 7) is 7.72. The quantitative estimate of drug-likeness (QED) is 0.583. The van der Waals surface area contributed by atoms with E-state index in [0.717, 1.165) is 42.3 Å². The lowest BCUT2D eigenvalue weighted by Gasteiger charge is -2.27. The first-order valence-electron chi connectivity index (χ1n) is 9.63. The van der Waals surface area contributed by atoms with E-state index in [1.165, 1.54) is 23.7 Å². The third kappa shape index (κ3) is 6.90. The van der Waals surface area contributed by atoms with Gasteiger partial charge in [0.15, 0.2) is 0 Å². The lowest BCUT2D eigenvalue weighted by atomic mass is 10.1. The zero-order valence-corrected chi connectivity index (χ0v) is 17.2. The minimum atomic E-state index is -0.245. The van der Waals surface area contributed by atoms with E-state index >= 15 is 0 Å². The van der Waals surface area contributed by atoms with Crippen LogP contribution in [0.15, 0.2) is 24.3 Å². The van der Waals surface area contributed by atoms with Crippen LogP contribution in [0.2, 0.25) is 0 Å². The van der Waals surface area contributed by atoms with Gasteiger partial charge in [0.05, 0.1) is 0 Å². The fourth-order valence-corrected chi connectivity index (χ4v) is 3.47.